The molecule has 0 spiro atoms. The average Bonchev–Trinajstić information content (AvgIpc) is 2.60. The van der Waals surface area contributed by atoms with E-state index in [0.29, 0.717) is 25.2 Å². The van der Waals surface area contributed by atoms with E-state index < -0.39 is 20.9 Å². The van der Waals surface area contributed by atoms with E-state index in [1.807, 2.05) is 0 Å². The molecule has 4 nitrogen and oxygen atoms in total. The van der Waals surface area contributed by atoms with Gasteiger partial charge in [0.2, 0.25) is 0 Å². The lowest BCUT2D eigenvalue weighted by Crippen LogP contribution is -2.53. The lowest BCUT2D eigenvalue weighted by atomic mass is 9.67. The van der Waals surface area contributed by atoms with Crippen LogP contribution in [0.3, 0.4) is 0 Å². The lowest BCUT2D eigenvalue weighted by Gasteiger charge is -2.43. The third kappa shape index (κ3) is 3.04. The van der Waals surface area contributed by atoms with Gasteiger partial charge in [-0.15, -0.1) is 0 Å². The molecule has 2 aliphatic rings. The first-order valence-electron chi connectivity index (χ1n) is 7.99. The molecule has 20 heavy (non-hydrogen) atoms. The highest BCUT2D eigenvalue weighted by molar-refractivity contribution is 7.91. The molecule has 1 aliphatic heterocycles. The molecule has 0 amide bonds. The van der Waals surface area contributed by atoms with Crippen LogP contribution in [0.25, 0.3) is 0 Å². The van der Waals surface area contributed by atoms with Crippen molar-refractivity contribution in [2.75, 3.05) is 18.1 Å². The Kier molecular flexibility index (Phi) is 4.82. The predicted molar refractivity (Wildman–Crippen MR) is 81.2 cm³/mol. The van der Waals surface area contributed by atoms with Crippen LogP contribution in [-0.2, 0) is 9.84 Å². The second kappa shape index (κ2) is 5.93. The van der Waals surface area contributed by atoms with Crippen molar-refractivity contribution in [2.45, 2.75) is 63.9 Å². The van der Waals surface area contributed by atoms with E-state index >= 15 is 0 Å². The molecule has 1 saturated heterocycles. The maximum atomic E-state index is 11.9. The van der Waals surface area contributed by atoms with E-state index in [9.17, 15) is 13.5 Å². The summed E-state index contributed by atoms with van der Waals surface area (Å²) in [4.78, 5) is 0. The zero-order chi connectivity index (χ0) is 14.9. The fraction of sp³-hybridized carbons (Fsp3) is 1.00. The van der Waals surface area contributed by atoms with Crippen molar-refractivity contribution < 1.29 is 13.5 Å². The normalized spacial score (nSPS) is 41.5. The lowest BCUT2D eigenvalue weighted by molar-refractivity contribution is -0.0799. The largest absolute Gasteiger partial charge is 0.389 e. The number of rotatable bonds is 4. The predicted octanol–water partition coefficient (Wildman–Crippen LogP) is 1.86. The van der Waals surface area contributed by atoms with E-state index in [0.717, 1.165) is 19.3 Å². The monoisotopic (exact) mass is 303 g/mol. The Morgan fingerprint density at radius 2 is 2.00 bits per heavy atom. The number of sulfone groups is 1. The second-order valence-electron chi connectivity index (χ2n) is 6.94. The quantitative estimate of drug-likeness (QED) is 0.777. The molecule has 0 bridgehead atoms. The van der Waals surface area contributed by atoms with E-state index in [4.69, 9.17) is 5.73 Å². The topological polar surface area (TPSA) is 80.4 Å². The minimum absolute atomic E-state index is 0.0748. The SMILES string of the molecule is CCCC1CCCC(O)(C2(CN)CCS(=O)(=O)C2)CC1. The van der Waals surface area contributed by atoms with Gasteiger partial charge in [-0.05, 0) is 31.6 Å². The van der Waals surface area contributed by atoms with Crippen molar-refractivity contribution >= 4 is 9.84 Å². The number of hydrogen-bond acceptors (Lipinski definition) is 4. The number of hydrogen-bond donors (Lipinski definition) is 2. The van der Waals surface area contributed by atoms with Crippen LogP contribution >= 0.6 is 0 Å². The van der Waals surface area contributed by atoms with E-state index in [1.54, 1.807) is 0 Å². The Morgan fingerprint density at radius 3 is 2.55 bits per heavy atom. The van der Waals surface area contributed by atoms with Gasteiger partial charge >= 0.3 is 0 Å². The molecule has 5 heteroatoms. The molecular weight excluding hydrogens is 274 g/mol. The molecule has 118 valence electrons. The molecule has 3 atom stereocenters. The van der Waals surface area contributed by atoms with Gasteiger partial charge < -0.3 is 10.8 Å². The molecule has 1 heterocycles. The Labute approximate surface area is 123 Å². The Bertz CT molecular complexity index is 436. The van der Waals surface area contributed by atoms with Crippen LogP contribution in [0.15, 0.2) is 0 Å². The standard InChI is InChI=1S/C15H29NO3S/c1-2-4-13-5-3-7-15(17,8-6-13)14(11-16)9-10-20(18,19)12-14/h13,17H,2-12,16H2,1H3. The van der Waals surface area contributed by atoms with Gasteiger partial charge in [0.15, 0.2) is 9.84 Å². The Morgan fingerprint density at radius 1 is 1.25 bits per heavy atom. The summed E-state index contributed by atoms with van der Waals surface area (Å²) < 4.78 is 23.8. The first-order chi connectivity index (χ1) is 9.36. The summed E-state index contributed by atoms with van der Waals surface area (Å²) in [6, 6.07) is 0. The third-order valence-corrected chi connectivity index (χ3v) is 7.45. The van der Waals surface area contributed by atoms with Crippen molar-refractivity contribution in [3.8, 4) is 0 Å². The van der Waals surface area contributed by atoms with Crippen molar-refractivity contribution in [1.29, 1.82) is 0 Å². The van der Waals surface area contributed by atoms with Crippen molar-refractivity contribution in [1.82, 2.24) is 0 Å². The van der Waals surface area contributed by atoms with E-state index in [2.05, 4.69) is 6.92 Å². The van der Waals surface area contributed by atoms with Gasteiger partial charge in [0.1, 0.15) is 0 Å². The maximum absolute atomic E-state index is 11.9. The molecular formula is C15H29NO3S. The van der Waals surface area contributed by atoms with Gasteiger partial charge in [-0.1, -0.05) is 32.6 Å². The van der Waals surface area contributed by atoms with Gasteiger partial charge in [0.25, 0.3) is 0 Å². The van der Waals surface area contributed by atoms with Gasteiger partial charge in [0.05, 0.1) is 17.1 Å². The third-order valence-electron chi connectivity index (χ3n) is 5.63. The van der Waals surface area contributed by atoms with Crippen LogP contribution < -0.4 is 5.73 Å². The van der Waals surface area contributed by atoms with Crippen LogP contribution in [-0.4, -0.2) is 37.2 Å². The Balaban J connectivity index is 2.16. The average molecular weight is 303 g/mol. The highest BCUT2D eigenvalue weighted by Crippen LogP contribution is 2.48. The summed E-state index contributed by atoms with van der Waals surface area (Å²) in [5.74, 6) is 0.943. The van der Waals surface area contributed by atoms with Crippen molar-refractivity contribution in [2.24, 2.45) is 17.1 Å². The molecule has 3 N–H and O–H groups in total. The summed E-state index contributed by atoms with van der Waals surface area (Å²) in [6.45, 7) is 2.48. The summed E-state index contributed by atoms with van der Waals surface area (Å²) in [5.41, 5.74) is 4.44. The fourth-order valence-electron chi connectivity index (χ4n) is 4.26. The zero-order valence-corrected chi connectivity index (χ0v) is 13.4. The fourth-order valence-corrected chi connectivity index (χ4v) is 6.48. The maximum Gasteiger partial charge on any atom is 0.151 e. The minimum atomic E-state index is -3.03. The van der Waals surface area contributed by atoms with Crippen LogP contribution in [0.1, 0.15) is 58.3 Å². The first kappa shape index (κ1) is 16.2. The van der Waals surface area contributed by atoms with Crippen molar-refractivity contribution in [3.63, 3.8) is 0 Å². The summed E-state index contributed by atoms with van der Waals surface area (Å²) in [5, 5.41) is 11.2. The number of aliphatic hydroxyl groups is 1. The zero-order valence-electron chi connectivity index (χ0n) is 12.6. The van der Waals surface area contributed by atoms with Crippen LogP contribution in [0, 0.1) is 11.3 Å². The molecule has 0 aromatic rings. The van der Waals surface area contributed by atoms with Crippen molar-refractivity contribution in [3.05, 3.63) is 0 Å². The minimum Gasteiger partial charge on any atom is -0.389 e. The second-order valence-corrected chi connectivity index (χ2v) is 9.13. The molecule has 0 aromatic carbocycles. The molecule has 2 rings (SSSR count). The van der Waals surface area contributed by atoms with Gasteiger partial charge in [0, 0.05) is 12.0 Å². The van der Waals surface area contributed by atoms with E-state index in [1.165, 1.54) is 12.8 Å². The van der Waals surface area contributed by atoms with Gasteiger partial charge in [-0.2, -0.15) is 0 Å². The Hall–Kier alpha value is -0.130. The highest BCUT2D eigenvalue weighted by atomic mass is 32.2. The summed E-state index contributed by atoms with van der Waals surface area (Å²) in [6.07, 6.45) is 7.49. The van der Waals surface area contributed by atoms with Crippen LogP contribution in [0.5, 0.6) is 0 Å². The molecule has 1 saturated carbocycles. The first-order valence-corrected chi connectivity index (χ1v) is 9.81. The summed E-state index contributed by atoms with van der Waals surface area (Å²) in [7, 11) is -3.03. The number of nitrogens with two attached hydrogens (primary N) is 1. The highest BCUT2D eigenvalue weighted by Gasteiger charge is 2.55. The van der Waals surface area contributed by atoms with E-state index in [-0.39, 0.29) is 18.1 Å². The molecule has 0 radical (unpaired) electrons. The van der Waals surface area contributed by atoms with Gasteiger partial charge in [-0.25, -0.2) is 8.42 Å². The van der Waals surface area contributed by atoms with Crippen LogP contribution in [0.4, 0.5) is 0 Å². The molecule has 0 aromatic heterocycles. The molecule has 1 aliphatic carbocycles. The smallest absolute Gasteiger partial charge is 0.151 e. The summed E-state index contributed by atoms with van der Waals surface area (Å²) >= 11 is 0. The molecule has 2 fully saturated rings. The van der Waals surface area contributed by atoms with Crippen LogP contribution in [0.2, 0.25) is 0 Å². The molecule has 3 unspecified atom stereocenters. The van der Waals surface area contributed by atoms with Gasteiger partial charge in [-0.3, -0.25) is 0 Å².